The molecule has 0 amide bonds. The zero-order chi connectivity index (χ0) is 15.6. The van der Waals surface area contributed by atoms with Gasteiger partial charge in [0.2, 0.25) is 0 Å². The van der Waals surface area contributed by atoms with Gasteiger partial charge in [-0.25, -0.2) is 0 Å². The maximum atomic E-state index is 12.9. The van der Waals surface area contributed by atoms with Crippen molar-refractivity contribution < 1.29 is 22.7 Å². The van der Waals surface area contributed by atoms with Gasteiger partial charge in [0.15, 0.2) is 5.78 Å². The van der Waals surface area contributed by atoms with Crippen LogP contribution in [0.2, 0.25) is 0 Å². The van der Waals surface area contributed by atoms with Crippen LogP contribution in [0, 0.1) is 5.41 Å². The Hall–Kier alpha value is -1.43. The number of pyridine rings is 1. The van der Waals surface area contributed by atoms with E-state index in [0.717, 1.165) is 18.5 Å². The Labute approximate surface area is 116 Å². The van der Waals surface area contributed by atoms with Crippen molar-refractivity contribution in [3.8, 4) is 0 Å². The van der Waals surface area contributed by atoms with Gasteiger partial charge in [0.05, 0.1) is 11.1 Å². The Kier molecular flexibility index (Phi) is 4.91. The summed E-state index contributed by atoms with van der Waals surface area (Å²) in [5, 5.41) is 0. The molecule has 1 aromatic rings. The summed E-state index contributed by atoms with van der Waals surface area (Å²) in [7, 11) is 0. The molecule has 0 bridgehead atoms. The average Bonchev–Trinajstić information content (AvgIpc) is 2.32. The van der Waals surface area contributed by atoms with Crippen molar-refractivity contribution in [3.05, 3.63) is 29.6 Å². The van der Waals surface area contributed by atoms with Crippen LogP contribution in [-0.4, -0.2) is 23.5 Å². The molecule has 0 saturated heterocycles. The highest BCUT2D eigenvalue weighted by Gasteiger charge is 2.39. The van der Waals surface area contributed by atoms with Gasteiger partial charge < -0.3 is 4.74 Å². The molecule has 0 aliphatic carbocycles. The van der Waals surface area contributed by atoms with E-state index in [1.165, 1.54) is 0 Å². The second-order valence-electron chi connectivity index (χ2n) is 5.48. The third kappa shape index (κ3) is 3.79. The van der Waals surface area contributed by atoms with Crippen LogP contribution in [0.5, 0.6) is 0 Å². The standard InChI is InChI=1S/C14H18F3NO2/c1-5-20-12(13(2,3)4)11(19)9-8-18-7-6-10(9)14(15,16)17/h6-8,12H,5H2,1-4H3. The van der Waals surface area contributed by atoms with E-state index in [0.29, 0.717) is 0 Å². The first-order valence-corrected chi connectivity index (χ1v) is 6.26. The molecule has 3 nitrogen and oxygen atoms in total. The van der Waals surface area contributed by atoms with Gasteiger partial charge in [-0.1, -0.05) is 20.8 Å². The van der Waals surface area contributed by atoms with Gasteiger partial charge in [-0.3, -0.25) is 9.78 Å². The van der Waals surface area contributed by atoms with E-state index >= 15 is 0 Å². The number of hydrogen-bond donors (Lipinski definition) is 0. The van der Waals surface area contributed by atoms with Crippen LogP contribution >= 0.6 is 0 Å². The van der Waals surface area contributed by atoms with Crippen LogP contribution < -0.4 is 0 Å². The smallest absolute Gasteiger partial charge is 0.370 e. The summed E-state index contributed by atoms with van der Waals surface area (Å²) >= 11 is 0. The summed E-state index contributed by atoms with van der Waals surface area (Å²) in [4.78, 5) is 16.0. The van der Waals surface area contributed by atoms with Crippen LogP contribution in [0.3, 0.4) is 0 Å². The molecular formula is C14H18F3NO2. The fourth-order valence-electron chi connectivity index (χ4n) is 1.86. The van der Waals surface area contributed by atoms with E-state index < -0.39 is 34.6 Å². The Bertz CT molecular complexity index is 478. The molecule has 0 aliphatic rings. The molecule has 20 heavy (non-hydrogen) atoms. The highest BCUT2D eigenvalue weighted by Crippen LogP contribution is 2.34. The minimum atomic E-state index is -4.59. The monoisotopic (exact) mass is 289 g/mol. The predicted molar refractivity (Wildman–Crippen MR) is 68.4 cm³/mol. The first-order valence-electron chi connectivity index (χ1n) is 6.26. The van der Waals surface area contributed by atoms with Gasteiger partial charge in [-0.05, 0) is 18.4 Å². The number of rotatable bonds is 4. The van der Waals surface area contributed by atoms with Crippen LogP contribution in [0.15, 0.2) is 18.5 Å². The fraction of sp³-hybridized carbons (Fsp3) is 0.571. The molecule has 1 atom stereocenters. The molecule has 1 aromatic heterocycles. The predicted octanol–water partition coefficient (Wildman–Crippen LogP) is 3.73. The lowest BCUT2D eigenvalue weighted by Gasteiger charge is -2.29. The van der Waals surface area contributed by atoms with E-state index in [9.17, 15) is 18.0 Å². The molecule has 1 rings (SSSR count). The summed E-state index contributed by atoms with van der Waals surface area (Å²) in [6.07, 6.45) is -3.57. The van der Waals surface area contributed by atoms with Gasteiger partial charge in [0, 0.05) is 19.0 Å². The molecule has 0 aromatic carbocycles. The van der Waals surface area contributed by atoms with Gasteiger partial charge >= 0.3 is 6.18 Å². The highest BCUT2D eigenvalue weighted by atomic mass is 19.4. The highest BCUT2D eigenvalue weighted by molar-refractivity contribution is 6.01. The van der Waals surface area contributed by atoms with Crippen LogP contribution in [0.25, 0.3) is 0 Å². The normalized spacial score (nSPS) is 14.2. The van der Waals surface area contributed by atoms with Crippen LogP contribution in [0.4, 0.5) is 13.2 Å². The van der Waals surface area contributed by atoms with Gasteiger partial charge in [-0.2, -0.15) is 13.2 Å². The lowest BCUT2D eigenvalue weighted by atomic mass is 9.83. The SMILES string of the molecule is CCOC(C(=O)c1cnccc1C(F)(F)F)C(C)(C)C. The minimum Gasteiger partial charge on any atom is -0.370 e. The number of alkyl halides is 3. The van der Waals surface area contributed by atoms with Gasteiger partial charge in [-0.15, -0.1) is 0 Å². The molecule has 0 saturated carbocycles. The number of carbonyl (C=O) groups excluding carboxylic acids is 1. The molecule has 0 radical (unpaired) electrons. The van der Waals surface area contributed by atoms with Crippen molar-refractivity contribution in [3.63, 3.8) is 0 Å². The second kappa shape index (κ2) is 5.91. The number of carbonyl (C=O) groups is 1. The number of Topliss-reactive ketones (excluding diaryl/α,β-unsaturated/α-hetero) is 1. The third-order valence-electron chi connectivity index (χ3n) is 2.75. The molecule has 112 valence electrons. The Morgan fingerprint density at radius 3 is 2.40 bits per heavy atom. The fourth-order valence-corrected chi connectivity index (χ4v) is 1.86. The Morgan fingerprint density at radius 2 is 1.95 bits per heavy atom. The maximum Gasteiger partial charge on any atom is 0.417 e. The third-order valence-corrected chi connectivity index (χ3v) is 2.75. The first kappa shape index (κ1) is 16.6. The van der Waals surface area contributed by atoms with Crippen LogP contribution in [-0.2, 0) is 10.9 Å². The largest absolute Gasteiger partial charge is 0.417 e. The molecular weight excluding hydrogens is 271 g/mol. The molecule has 6 heteroatoms. The molecule has 0 spiro atoms. The lowest BCUT2D eigenvalue weighted by molar-refractivity contribution is -0.138. The maximum absolute atomic E-state index is 12.9. The molecule has 0 aliphatic heterocycles. The van der Waals surface area contributed by atoms with E-state index in [1.807, 2.05) is 0 Å². The number of halogens is 3. The van der Waals surface area contributed by atoms with Crippen molar-refractivity contribution in [2.45, 2.75) is 40.0 Å². The number of aromatic nitrogens is 1. The van der Waals surface area contributed by atoms with Crippen molar-refractivity contribution in [2.24, 2.45) is 5.41 Å². The molecule has 1 heterocycles. The number of nitrogens with zero attached hydrogens (tertiary/aromatic N) is 1. The number of ketones is 1. The van der Waals surface area contributed by atoms with Crippen molar-refractivity contribution in [1.82, 2.24) is 4.98 Å². The molecule has 0 N–H and O–H groups in total. The van der Waals surface area contributed by atoms with Crippen molar-refractivity contribution >= 4 is 5.78 Å². The zero-order valence-corrected chi connectivity index (χ0v) is 11.9. The second-order valence-corrected chi connectivity index (χ2v) is 5.48. The number of ether oxygens (including phenoxy) is 1. The molecule has 1 unspecified atom stereocenters. The first-order chi connectivity index (χ1) is 9.09. The van der Waals surface area contributed by atoms with E-state index in [4.69, 9.17) is 4.74 Å². The summed E-state index contributed by atoms with van der Waals surface area (Å²) in [6.45, 7) is 7.17. The summed E-state index contributed by atoms with van der Waals surface area (Å²) < 4.78 is 44.1. The van der Waals surface area contributed by atoms with Crippen molar-refractivity contribution in [2.75, 3.05) is 6.61 Å². The Balaban J connectivity index is 3.26. The quantitative estimate of drug-likeness (QED) is 0.793. The average molecular weight is 289 g/mol. The number of hydrogen-bond acceptors (Lipinski definition) is 3. The van der Waals surface area contributed by atoms with E-state index in [1.54, 1.807) is 27.7 Å². The Morgan fingerprint density at radius 1 is 1.35 bits per heavy atom. The summed E-state index contributed by atoms with van der Waals surface area (Å²) in [5.41, 5.74) is -2.04. The topological polar surface area (TPSA) is 39.2 Å². The molecule has 0 fully saturated rings. The zero-order valence-electron chi connectivity index (χ0n) is 11.9. The van der Waals surface area contributed by atoms with Gasteiger partial charge in [0.25, 0.3) is 0 Å². The summed E-state index contributed by atoms with van der Waals surface area (Å²) in [6, 6.07) is 0.804. The van der Waals surface area contributed by atoms with E-state index in [-0.39, 0.29) is 6.61 Å². The van der Waals surface area contributed by atoms with Gasteiger partial charge in [0.1, 0.15) is 6.10 Å². The summed E-state index contributed by atoms with van der Waals surface area (Å²) in [5.74, 6) is -0.695. The van der Waals surface area contributed by atoms with Crippen LogP contribution in [0.1, 0.15) is 43.6 Å². The van der Waals surface area contributed by atoms with Crippen molar-refractivity contribution in [1.29, 1.82) is 0 Å². The lowest BCUT2D eigenvalue weighted by Crippen LogP contribution is -2.38. The van der Waals surface area contributed by atoms with E-state index in [2.05, 4.69) is 4.98 Å². The minimum absolute atomic E-state index is 0.245.